The van der Waals surface area contributed by atoms with Crippen LogP contribution in [0.1, 0.15) is 71.4 Å². The highest BCUT2D eigenvalue weighted by molar-refractivity contribution is 6.09. The van der Waals surface area contributed by atoms with E-state index in [1.54, 1.807) is 6.07 Å². The number of carbonyl (C=O) groups is 3. The molecule has 1 aromatic carbocycles. The molecule has 0 spiro atoms. The molecule has 0 amide bonds. The molecule has 1 saturated heterocycles. The zero-order valence-corrected chi connectivity index (χ0v) is 14.3. The van der Waals surface area contributed by atoms with Crippen molar-refractivity contribution in [1.82, 2.24) is 5.32 Å². The Bertz CT molecular complexity index is 766. The van der Waals surface area contributed by atoms with E-state index < -0.39 is 5.41 Å². The number of ketones is 3. The first-order valence-electron chi connectivity index (χ1n) is 8.91. The molecular formula is C20H23NO3. The van der Waals surface area contributed by atoms with Crippen molar-refractivity contribution in [3.05, 3.63) is 34.4 Å². The lowest BCUT2D eigenvalue weighted by Crippen LogP contribution is -2.63. The van der Waals surface area contributed by atoms with Crippen LogP contribution in [0, 0.1) is 5.92 Å². The Labute approximate surface area is 142 Å². The lowest BCUT2D eigenvalue weighted by Gasteiger charge is -2.54. The quantitative estimate of drug-likeness (QED) is 0.849. The summed E-state index contributed by atoms with van der Waals surface area (Å²) < 4.78 is 0. The van der Waals surface area contributed by atoms with Crippen molar-refractivity contribution in [2.75, 3.05) is 6.54 Å². The second kappa shape index (κ2) is 5.35. The minimum atomic E-state index is -0.443. The van der Waals surface area contributed by atoms with Gasteiger partial charge in [0, 0.05) is 23.6 Å². The van der Waals surface area contributed by atoms with Crippen LogP contribution in [0.25, 0.3) is 0 Å². The van der Waals surface area contributed by atoms with Gasteiger partial charge in [0.2, 0.25) is 0 Å². The first-order chi connectivity index (χ1) is 11.5. The highest BCUT2D eigenvalue weighted by Gasteiger charge is 2.56. The Morgan fingerprint density at radius 2 is 2.00 bits per heavy atom. The van der Waals surface area contributed by atoms with E-state index in [0.29, 0.717) is 29.2 Å². The molecule has 4 rings (SSSR count). The zero-order chi connectivity index (χ0) is 17.1. The molecule has 0 unspecified atom stereocenters. The van der Waals surface area contributed by atoms with Gasteiger partial charge in [-0.3, -0.25) is 14.4 Å². The molecule has 2 aliphatic carbocycles. The van der Waals surface area contributed by atoms with Crippen LogP contribution in [0.2, 0.25) is 0 Å². The molecule has 4 nitrogen and oxygen atoms in total. The molecule has 1 heterocycles. The molecule has 1 saturated carbocycles. The van der Waals surface area contributed by atoms with E-state index in [0.717, 1.165) is 43.4 Å². The maximum Gasteiger partial charge on any atom is 0.160 e. The highest BCUT2D eigenvalue weighted by Crippen LogP contribution is 2.52. The lowest BCUT2D eigenvalue weighted by molar-refractivity contribution is -0.132. The van der Waals surface area contributed by atoms with Crippen molar-refractivity contribution >= 4 is 17.3 Å². The molecule has 1 N–H and O–H groups in total. The van der Waals surface area contributed by atoms with Gasteiger partial charge in [0.25, 0.3) is 0 Å². The van der Waals surface area contributed by atoms with Gasteiger partial charge < -0.3 is 5.32 Å². The minimum absolute atomic E-state index is 0.0757. The van der Waals surface area contributed by atoms with E-state index in [1.165, 1.54) is 13.8 Å². The number of piperidine rings is 1. The van der Waals surface area contributed by atoms with Crippen LogP contribution in [0.4, 0.5) is 0 Å². The summed E-state index contributed by atoms with van der Waals surface area (Å²) >= 11 is 0. The van der Waals surface area contributed by atoms with Crippen LogP contribution in [-0.4, -0.2) is 29.9 Å². The van der Waals surface area contributed by atoms with Gasteiger partial charge in [-0.1, -0.05) is 12.1 Å². The summed E-state index contributed by atoms with van der Waals surface area (Å²) in [6, 6.07) is 3.97. The number of benzene rings is 1. The SMILES string of the molecule is CC(=O)c1ccc2c(c1C(C)=O)C[C@H]1NCC[C@@]23C(=O)CCC[C@@H]13. The van der Waals surface area contributed by atoms with Crippen LogP contribution in [0.15, 0.2) is 12.1 Å². The van der Waals surface area contributed by atoms with Gasteiger partial charge in [-0.25, -0.2) is 0 Å². The molecule has 0 radical (unpaired) electrons. The number of rotatable bonds is 2. The molecule has 2 fully saturated rings. The molecule has 0 aromatic heterocycles. The first-order valence-corrected chi connectivity index (χ1v) is 8.91. The third-order valence-corrected chi connectivity index (χ3v) is 6.41. The number of Topliss-reactive ketones (excluding diaryl/α,β-unsaturated/α-hetero) is 3. The fraction of sp³-hybridized carbons (Fsp3) is 0.550. The molecule has 3 atom stereocenters. The smallest absolute Gasteiger partial charge is 0.160 e. The third kappa shape index (κ3) is 1.92. The molecule has 126 valence electrons. The summed E-state index contributed by atoms with van der Waals surface area (Å²) in [4.78, 5) is 37.4. The summed E-state index contributed by atoms with van der Waals surface area (Å²) in [6.45, 7) is 3.87. The van der Waals surface area contributed by atoms with Crippen LogP contribution >= 0.6 is 0 Å². The van der Waals surface area contributed by atoms with Gasteiger partial charge in [0.05, 0.1) is 5.41 Å². The molecule has 3 aliphatic rings. The maximum atomic E-state index is 13.0. The predicted molar refractivity (Wildman–Crippen MR) is 90.6 cm³/mol. The van der Waals surface area contributed by atoms with Crippen LogP contribution in [0.5, 0.6) is 0 Å². The highest BCUT2D eigenvalue weighted by atomic mass is 16.1. The minimum Gasteiger partial charge on any atom is -0.313 e. The Hall–Kier alpha value is -1.81. The number of hydrogen-bond acceptors (Lipinski definition) is 4. The predicted octanol–water partition coefficient (Wildman–Crippen LogP) is 2.62. The Balaban J connectivity index is 2.01. The number of nitrogens with one attached hydrogen (secondary N) is 1. The molecule has 24 heavy (non-hydrogen) atoms. The number of fused-ring (bicyclic) bond motifs is 1. The summed E-state index contributed by atoms with van der Waals surface area (Å²) in [6.07, 6.45) is 4.20. The largest absolute Gasteiger partial charge is 0.313 e. The number of hydrogen-bond donors (Lipinski definition) is 1. The zero-order valence-electron chi connectivity index (χ0n) is 14.3. The fourth-order valence-electron chi connectivity index (χ4n) is 5.52. The molecule has 2 bridgehead atoms. The molecule has 1 aromatic rings. The summed E-state index contributed by atoms with van der Waals surface area (Å²) in [5.74, 6) is 0.489. The van der Waals surface area contributed by atoms with E-state index in [-0.39, 0.29) is 17.6 Å². The second-order valence-corrected chi connectivity index (χ2v) is 7.53. The van der Waals surface area contributed by atoms with Crippen molar-refractivity contribution in [3.8, 4) is 0 Å². The van der Waals surface area contributed by atoms with Gasteiger partial charge in [-0.15, -0.1) is 0 Å². The van der Waals surface area contributed by atoms with Crippen LogP contribution in [0.3, 0.4) is 0 Å². The molecule has 4 heteroatoms. The normalized spacial score (nSPS) is 31.2. The summed E-state index contributed by atoms with van der Waals surface area (Å²) in [7, 11) is 0. The van der Waals surface area contributed by atoms with Gasteiger partial charge >= 0.3 is 0 Å². The van der Waals surface area contributed by atoms with Crippen molar-refractivity contribution in [1.29, 1.82) is 0 Å². The first kappa shape index (κ1) is 15.7. The van der Waals surface area contributed by atoms with Gasteiger partial charge in [0.15, 0.2) is 11.6 Å². The van der Waals surface area contributed by atoms with E-state index in [9.17, 15) is 14.4 Å². The lowest BCUT2D eigenvalue weighted by atomic mass is 9.51. The number of carbonyl (C=O) groups excluding carboxylic acids is 3. The van der Waals surface area contributed by atoms with Crippen LogP contribution < -0.4 is 5.32 Å². The van der Waals surface area contributed by atoms with Gasteiger partial charge in [-0.05, 0) is 63.1 Å². The summed E-state index contributed by atoms with van der Waals surface area (Å²) in [5, 5.41) is 3.57. The third-order valence-electron chi connectivity index (χ3n) is 6.41. The van der Waals surface area contributed by atoms with Crippen LogP contribution in [-0.2, 0) is 16.6 Å². The van der Waals surface area contributed by atoms with Crippen molar-refractivity contribution < 1.29 is 14.4 Å². The molecule has 1 aliphatic heterocycles. The van der Waals surface area contributed by atoms with Crippen molar-refractivity contribution in [2.24, 2.45) is 5.92 Å². The summed E-state index contributed by atoms with van der Waals surface area (Å²) in [5.41, 5.74) is 2.58. The Kier molecular flexibility index (Phi) is 3.50. The monoisotopic (exact) mass is 325 g/mol. The van der Waals surface area contributed by atoms with Crippen molar-refractivity contribution in [2.45, 2.75) is 57.4 Å². The van der Waals surface area contributed by atoms with Gasteiger partial charge in [-0.2, -0.15) is 0 Å². The Morgan fingerprint density at radius 1 is 1.21 bits per heavy atom. The van der Waals surface area contributed by atoms with E-state index >= 15 is 0 Å². The second-order valence-electron chi connectivity index (χ2n) is 7.53. The van der Waals surface area contributed by atoms with E-state index in [1.807, 2.05) is 6.07 Å². The average Bonchev–Trinajstić information content (AvgIpc) is 2.53. The average molecular weight is 325 g/mol. The topological polar surface area (TPSA) is 63.2 Å². The van der Waals surface area contributed by atoms with Crippen molar-refractivity contribution in [3.63, 3.8) is 0 Å². The molecular weight excluding hydrogens is 302 g/mol. The Morgan fingerprint density at radius 3 is 2.71 bits per heavy atom. The maximum absolute atomic E-state index is 13.0. The van der Waals surface area contributed by atoms with Gasteiger partial charge in [0.1, 0.15) is 5.78 Å². The standard InChI is InChI=1S/C20H23NO3/c1-11(22)13-6-7-15-14(19(13)12(2)23)10-17-16-4-3-5-18(24)20(15,16)8-9-21-17/h6-7,16-17,21H,3-5,8-10H2,1-2H3/t16-,17+,20+/m0/s1. The van der Waals surface area contributed by atoms with E-state index in [4.69, 9.17) is 0 Å². The van der Waals surface area contributed by atoms with E-state index in [2.05, 4.69) is 5.32 Å². The fourth-order valence-corrected chi connectivity index (χ4v) is 5.52.